The van der Waals surface area contributed by atoms with Gasteiger partial charge in [0.25, 0.3) is 0 Å². The van der Waals surface area contributed by atoms with Gasteiger partial charge in [-0.05, 0) is 56.0 Å². The molecule has 1 fully saturated rings. The summed E-state index contributed by atoms with van der Waals surface area (Å²) >= 11 is 6.34. The highest BCUT2D eigenvalue weighted by Gasteiger charge is 2.41. The molecule has 182 valence electrons. The van der Waals surface area contributed by atoms with E-state index in [1.807, 2.05) is 12.1 Å². The molecule has 1 aliphatic heterocycles. The summed E-state index contributed by atoms with van der Waals surface area (Å²) in [6.45, 7) is 1.75. The van der Waals surface area contributed by atoms with E-state index in [1.165, 1.54) is 6.20 Å². The molecule has 8 heteroatoms. The van der Waals surface area contributed by atoms with Gasteiger partial charge in [-0.3, -0.25) is 19.7 Å². The van der Waals surface area contributed by atoms with Crippen molar-refractivity contribution in [2.75, 3.05) is 26.7 Å². The number of fused-ring (bicyclic) bond motifs is 1. The number of rotatable bonds is 7. The highest BCUT2D eigenvalue weighted by atomic mass is 35.5. The fraction of sp³-hybridized carbons (Fsp3) is 0.370. The number of methoxy groups -OCH3 is 1. The molecule has 1 atom stereocenters. The number of nitrogens with zero attached hydrogens (tertiary/aromatic N) is 3. The molecule has 3 aromatic rings. The summed E-state index contributed by atoms with van der Waals surface area (Å²) in [7, 11) is 1.54. The van der Waals surface area contributed by atoms with Crippen LogP contribution in [0.2, 0.25) is 5.02 Å². The maximum atomic E-state index is 15.6. The number of aliphatic carboxylic acids is 1. The molecule has 1 aromatic carbocycles. The van der Waals surface area contributed by atoms with Crippen LogP contribution >= 0.6 is 11.6 Å². The lowest BCUT2D eigenvalue weighted by Crippen LogP contribution is -2.44. The number of hydrogen-bond acceptors (Lipinski definition) is 5. The quantitative estimate of drug-likeness (QED) is 0.448. The van der Waals surface area contributed by atoms with E-state index in [0.717, 1.165) is 5.56 Å². The molecule has 0 spiro atoms. The predicted molar refractivity (Wildman–Crippen MR) is 133 cm³/mol. The van der Waals surface area contributed by atoms with Gasteiger partial charge in [0, 0.05) is 48.2 Å². The van der Waals surface area contributed by atoms with Crippen molar-refractivity contribution < 1.29 is 19.0 Å². The lowest BCUT2D eigenvalue weighted by Gasteiger charge is -2.38. The number of hydrogen-bond donors (Lipinski definition) is 1. The number of likely N-dealkylation sites (tertiary alicyclic amines) is 1. The number of carboxylic acids is 1. The minimum atomic E-state index is -1.42. The highest BCUT2D eigenvalue weighted by molar-refractivity contribution is 6.32. The van der Waals surface area contributed by atoms with Gasteiger partial charge in [0.05, 0.1) is 29.6 Å². The molecule has 0 bridgehead atoms. The van der Waals surface area contributed by atoms with Gasteiger partial charge in [-0.25, -0.2) is 4.39 Å². The van der Waals surface area contributed by atoms with E-state index >= 15 is 4.39 Å². The summed E-state index contributed by atoms with van der Waals surface area (Å²) in [5.41, 5.74) is 0.823. The topological polar surface area (TPSA) is 75.6 Å². The minimum absolute atomic E-state index is 0.0587. The monoisotopic (exact) mass is 495 g/mol. The third-order valence-corrected chi connectivity index (χ3v) is 7.02. The van der Waals surface area contributed by atoms with Crippen molar-refractivity contribution in [2.24, 2.45) is 5.41 Å². The Morgan fingerprint density at radius 1 is 1.31 bits per heavy atom. The Morgan fingerprint density at radius 3 is 2.80 bits per heavy atom. The Balaban J connectivity index is 1.42. The van der Waals surface area contributed by atoms with Gasteiger partial charge in [-0.15, -0.1) is 0 Å². The average molecular weight is 496 g/mol. The normalized spacial score (nSPS) is 16.3. The number of ether oxygens (including phenoxy) is 1. The number of halogens is 2. The molecule has 1 aliphatic rings. The second kappa shape index (κ2) is 11.0. The van der Waals surface area contributed by atoms with Crippen molar-refractivity contribution in [1.82, 2.24) is 14.9 Å². The molecule has 0 amide bonds. The molecule has 6 nitrogen and oxygen atoms in total. The van der Waals surface area contributed by atoms with Gasteiger partial charge in [0.2, 0.25) is 0 Å². The number of piperidine rings is 1. The first kappa shape index (κ1) is 24.9. The van der Waals surface area contributed by atoms with E-state index < -0.39 is 17.6 Å². The van der Waals surface area contributed by atoms with Crippen LogP contribution in [0, 0.1) is 17.3 Å². The van der Waals surface area contributed by atoms with Crippen molar-refractivity contribution in [3.63, 3.8) is 0 Å². The third kappa shape index (κ3) is 5.72. The fourth-order valence-corrected chi connectivity index (χ4v) is 4.83. The zero-order valence-electron chi connectivity index (χ0n) is 19.5. The van der Waals surface area contributed by atoms with E-state index in [-0.39, 0.29) is 17.9 Å². The Kier molecular flexibility index (Phi) is 7.84. The van der Waals surface area contributed by atoms with Gasteiger partial charge in [-0.1, -0.05) is 23.4 Å². The largest absolute Gasteiger partial charge is 0.497 e. The Morgan fingerprint density at radius 2 is 2.11 bits per heavy atom. The summed E-state index contributed by atoms with van der Waals surface area (Å²) < 4.78 is 20.8. The van der Waals surface area contributed by atoms with Crippen molar-refractivity contribution in [1.29, 1.82) is 0 Å². The lowest BCUT2D eigenvalue weighted by atomic mass is 9.74. The molecule has 35 heavy (non-hydrogen) atoms. The Labute approximate surface area is 209 Å². The first-order valence-corrected chi connectivity index (χ1v) is 11.9. The number of alkyl halides is 1. The zero-order chi connectivity index (χ0) is 24.8. The summed E-state index contributed by atoms with van der Waals surface area (Å²) in [5.74, 6) is 5.91. The molecule has 0 unspecified atom stereocenters. The van der Waals surface area contributed by atoms with Crippen LogP contribution in [0.4, 0.5) is 4.39 Å². The van der Waals surface area contributed by atoms with Gasteiger partial charge in [0.1, 0.15) is 11.9 Å². The van der Waals surface area contributed by atoms with E-state index in [4.69, 9.17) is 16.3 Å². The maximum Gasteiger partial charge on any atom is 0.309 e. The summed E-state index contributed by atoms with van der Waals surface area (Å²) in [4.78, 5) is 22.7. The predicted octanol–water partition coefficient (Wildman–Crippen LogP) is 5.30. The molecule has 1 N–H and O–H groups in total. The Bertz CT molecular complexity index is 1250. The summed E-state index contributed by atoms with van der Waals surface area (Å²) in [6.07, 6.45) is 4.61. The van der Waals surface area contributed by atoms with Crippen LogP contribution in [0.25, 0.3) is 10.9 Å². The van der Waals surface area contributed by atoms with Gasteiger partial charge < -0.3 is 9.84 Å². The van der Waals surface area contributed by atoms with Gasteiger partial charge in [-0.2, -0.15) is 0 Å². The van der Waals surface area contributed by atoms with E-state index in [1.54, 1.807) is 37.7 Å². The molecular formula is C27H27ClFN3O3. The van der Waals surface area contributed by atoms with Crippen molar-refractivity contribution in [2.45, 2.75) is 31.9 Å². The van der Waals surface area contributed by atoms with Crippen molar-refractivity contribution in [3.8, 4) is 17.6 Å². The van der Waals surface area contributed by atoms with Crippen LogP contribution < -0.4 is 4.74 Å². The van der Waals surface area contributed by atoms with Gasteiger partial charge >= 0.3 is 5.97 Å². The van der Waals surface area contributed by atoms with Gasteiger partial charge in [0.15, 0.2) is 0 Å². The van der Waals surface area contributed by atoms with Crippen molar-refractivity contribution >= 4 is 28.5 Å². The standard InChI is InChI=1S/C27H27ClFN3O3/c1-35-20-6-7-24-21(16-20)25(22(28)18-31-24)23(29)8-9-27(26(33)34)10-14-32(15-11-27)13-3-5-19-4-2-12-30-17-19/h2,4,6-7,12,16-18,23H,8-11,13-15H2,1H3,(H,33,34)/t23-/m1/s1. The van der Waals surface area contributed by atoms with Crippen LogP contribution in [0.1, 0.15) is 43.0 Å². The smallest absolute Gasteiger partial charge is 0.309 e. The second-order valence-electron chi connectivity index (χ2n) is 8.81. The number of pyridine rings is 2. The van der Waals surface area contributed by atoms with E-state index in [9.17, 15) is 9.90 Å². The fourth-order valence-electron chi connectivity index (χ4n) is 4.56. The van der Waals surface area contributed by atoms with E-state index in [2.05, 4.69) is 26.7 Å². The molecule has 0 aliphatic carbocycles. The molecule has 4 rings (SSSR count). The maximum absolute atomic E-state index is 15.6. The first-order valence-electron chi connectivity index (χ1n) is 11.5. The van der Waals surface area contributed by atoms with Crippen LogP contribution in [0.5, 0.6) is 5.75 Å². The molecular weight excluding hydrogens is 469 g/mol. The molecule has 2 aromatic heterocycles. The van der Waals surface area contributed by atoms with Crippen LogP contribution in [0.15, 0.2) is 48.9 Å². The number of benzene rings is 1. The van der Waals surface area contributed by atoms with Crippen LogP contribution in [-0.2, 0) is 4.79 Å². The van der Waals surface area contributed by atoms with Crippen molar-refractivity contribution in [3.05, 3.63) is 65.1 Å². The summed E-state index contributed by atoms with van der Waals surface area (Å²) in [5, 5.41) is 10.9. The van der Waals surface area contributed by atoms with Crippen LogP contribution in [0.3, 0.4) is 0 Å². The molecule has 0 saturated carbocycles. The number of carbonyl (C=O) groups is 1. The van der Waals surface area contributed by atoms with E-state index in [0.29, 0.717) is 54.7 Å². The number of aromatic nitrogens is 2. The molecule has 1 saturated heterocycles. The second-order valence-corrected chi connectivity index (χ2v) is 9.22. The Hall–Kier alpha value is -3.21. The molecule has 3 heterocycles. The first-order chi connectivity index (χ1) is 16.9. The zero-order valence-corrected chi connectivity index (χ0v) is 20.3. The lowest BCUT2D eigenvalue weighted by molar-refractivity contribution is -0.152. The average Bonchev–Trinajstić information content (AvgIpc) is 2.88. The number of carboxylic acid groups (broad SMARTS) is 1. The van der Waals surface area contributed by atoms with Crippen LogP contribution in [-0.4, -0.2) is 52.7 Å². The third-order valence-electron chi connectivity index (χ3n) is 6.72. The molecule has 0 radical (unpaired) electrons. The minimum Gasteiger partial charge on any atom is -0.497 e. The highest BCUT2D eigenvalue weighted by Crippen LogP contribution is 2.42. The SMILES string of the molecule is COc1ccc2ncc(Cl)c([C@H](F)CCC3(C(=O)O)CCN(CC#Cc4cccnc4)CC3)c2c1. The summed E-state index contributed by atoms with van der Waals surface area (Å²) in [6, 6.07) is 8.96.